The van der Waals surface area contributed by atoms with Gasteiger partial charge >= 0.3 is 0 Å². The number of nitrogens with zero attached hydrogens (tertiary/aromatic N) is 1. The number of hydrogen-bond acceptors (Lipinski definition) is 3. The van der Waals surface area contributed by atoms with E-state index in [1.54, 1.807) is 0 Å². The van der Waals surface area contributed by atoms with Crippen LogP contribution in [0.3, 0.4) is 0 Å². The summed E-state index contributed by atoms with van der Waals surface area (Å²) in [6.07, 6.45) is 1.82. The van der Waals surface area contributed by atoms with Gasteiger partial charge in [0.2, 0.25) is 0 Å². The summed E-state index contributed by atoms with van der Waals surface area (Å²) in [5, 5.41) is 0. The van der Waals surface area contributed by atoms with Gasteiger partial charge < -0.3 is 4.74 Å². The monoisotopic (exact) mass is 321 g/mol. The summed E-state index contributed by atoms with van der Waals surface area (Å²) in [5.41, 5.74) is 5.01. The first-order valence-electron chi connectivity index (χ1n) is 8.76. The molecule has 2 aromatic rings. The molecule has 3 heteroatoms. The van der Waals surface area contributed by atoms with E-state index in [0.29, 0.717) is 6.42 Å². The Balaban J connectivity index is 1.39. The molecule has 1 saturated heterocycles. The zero-order valence-corrected chi connectivity index (χ0v) is 14.1. The van der Waals surface area contributed by atoms with E-state index in [1.165, 1.54) is 16.7 Å². The number of Topliss-reactive ketones (excluding diaryl/α,β-unsaturated/α-hetero) is 1. The van der Waals surface area contributed by atoms with Gasteiger partial charge in [0.1, 0.15) is 0 Å². The van der Waals surface area contributed by atoms with Gasteiger partial charge in [0.05, 0.1) is 12.7 Å². The first-order valence-corrected chi connectivity index (χ1v) is 8.76. The van der Waals surface area contributed by atoms with Crippen LogP contribution in [0.25, 0.3) is 0 Å². The topological polar surface area (TPSA) is 29.5 Å². The van der Waals surface area contributed by atoms with Crippen LogP contribution in [0.2, 0.25) is 0 Å². The molecule has 2 aliphatic rings. The smallest absolute Gasteiger partial charge is 0.164 e. The van der Waals surface area contributed by atoms with Gasteiger partial charge in [-0.1, -0.05) is 48.5 Å². The van der Waals surface area contributed by atoms with E-state index >= 15 is 0 Å². The Morgan fingerprint density at radius 1 is 1.21 bits per heavy atom. The van der Waals surface area contributed by atoms with Gasteiger partial charge in [-0.2, -0.15) is 0 Å². The maximum Gasteiger partial charge on any atom is 0.164 e. The third kappa shape index (κ3) is 3.28. The molecule has 0 amide bonds. The van der Waals surface area contributed by atoms with Crippen LogP contribution in [-0.4, -0.2) is 36.4 Å². The average Bonchev–Trinajstić information content (AvgIpc) is 3.41. The number of carbonyl (C=O) groups is 1. The van der Waals surface area contributed by atoms with E-state index in [0.717, 1.165) is 31.7 Å². The largest absolute Gasteiger partial charge is 0.371 e. The van der Waals surface area contributed by atoms with Crippen molar-refractivity contribution in [1.82, 2.24) is 4.90 Å². The number of ether oxygens (including phenoxy) is 1. The molecular weight excluding hydrogens is 298 g/mol. The van der Waals surface area contributed by atoms with Crippen molar-refractivity contribution >= 4 is 5.78 Å². The summed E-state index contributed by atoms with van der Waals surface area (Å²) in [5.74, 6) is 0.218. The summed E-state index contributed by atoms with van der Waals surface area (Å²) in [6, 6.07) is 16.5. The molecule has 0 saturated carbocycles. The molecule has 0 bridgehead atoms. The van der Waals surface area contributed by atoms with Crippen molar-refractivity contribution in [3.05, 3.63) is 70.8 Å². The molecule has 4 rings (SSSR count). The number of morpholine rings is 1. The van der Waals surface area contributed by atoms with Crippen molar-refractivity contribution in [3.63, 3.8) is 0 Å². The minimum absolute atomic E-state index is 0.124. The summed E-state index contributed by atoms with van der Waals surface area (Å²) in [7, 11) is 0. The van der Waals surface area contributed by atoms with Crippen molar-refractivity contribution in [2.45, 2.75) is 31.9 Å². The van der Waals surface area contributed by atoms with Crippen LogP contribution in [0.1, 0.15) is 46.5 Å². The predicted molar refractivity (Wildman–Crippen MR) is 94.4 cm³/mol. The molecule has 0 aromatic heterocycles. The summed E-state index contributed by atoms with van der Waals surface area (Å²) >= 11 is 0. The zero-order chi connectivity index (χ0) is 16.5. The highest BCUT2D eigenvalue weighted by atomic mass is 16.5. The highest BCUT2D eigenvalue weighted by Gasteiger charge is 2.28. The molecule has 1 aliphatic heterocycles. The highest BCUT2D eigenvalue weighted by molar-refractivity contribution is 5.96. The van der Waals surface area contributed by atoms with Gasteiger partial charge in [-0.05, 0) is 30.0 Å². The second kappa shape index (κ2) is 6.50. The van der Waals surface area contributed by atoms with Gasteiger partial charge in [-0.25, -0.2) is 0 Å². The molecule has 1 fully saturated rings. The van der Waals surface area contributed by atoms with Gasteiger partial charge in [0, 0.05) is 31.1 Å². The first-order chi connectivity index (χ1) is 11.7. The van der Waals surface area contributed by atoms with E-state index in [2.05, 4.69) is 30.0 Å². The second-order valence-corrected chi connectivity index (χ2v) is 6.90. The Morgan fingerprint density at radius 2 is 2.04 bits per heavy atom. The van der Waals surface area contributed by atoms with Crippen LogP contribution >= 0.6 is 0 Å². The number of fused-ring (bicyclic) bond motifs is 1. The lowest BCUT2D eigenvalue weighted by atomic mass is 10.0. The fourth-order valence-corrected chi connectivity index (χ4v) is 3.53. The van der Waals surface area contributed by atoms with E-state index in [1.807, 2.05) is 30.3 Å². The summed E-state index contributed by atoms with van der Waals surface area (Å²) < 4.78 is 5.99. The van der Waals surface area contributed by atoms with Crippen molar-refractivity contribution in [2.24, 2.45) is 0 Å². The average molecular weight is 321 g/mol. The van der Waals surface area contributed by atoms with Gasteiger partial charge in [0.25, 0.3) is 0 Å². The third-order valence-electron chi connectivity index (χ3n) is 5.16. The van der Waals surface area contributed by atoms with Gasteiger partial charge in [-0.3, -0.25) is 9.69 Å². The Morgan fingerprint density at radius 3 is 2.83 bits per heavy atom. The number of ketones is 1. The van der Waals surface area contributed by atoms with Crippen LogP contribution in [0, 0.1) is 0 Å². The molecule has 2 unspecified atom stereocenters. The number of hydrogen-bond donors (Lipinski definition) is 0. The Labute approximate surface area is 143 Å². The van der Waals surface area contributed by atoms with Crippen molar-refractivity contribution in [1.29, 1.82) is 0 Å². The van der Waals surface area contributed by atoms with E-state index in [-0.39, 0.29) is 17.9 Å². The van der Waals surface area contributed by atoms with Crippen LogP contribution in [0.15, 0.2) is 48.5 Å². The summed E-state index contributed by atoms with van der Waals surface area (Å²) in [4.78, 5) is 14.8. The van der Waals surface area contributed by atoms with Crippen LogP contribution in [0.4, 0.5) is 0 Å². The standard InChI is InChI=1S/C21H23NO2/c1-15(11-20(23)16-5-3-2-4-6-16)22-9-10-24-21(14-22)18-8-7-17-12-19(17)13-18/h2-8,13,15,21H,9-12,14H2,1H3. The fraction of sp³-hybridized carbons (Fsp3) is 0.381. The van der Waals surface area contributed by atoms with Crippen LogP contribution < -0.4 is 0 Å². The number of rotatable bonds is 5. The lowest BCUT2D eigenvalue weighted by Gasteiger charge is -2.36. The Hall–Kier alpha value is -1.97. The van der Waals surface area contributed by atoms with E-state index < -0.39 is 0 Å². The predicted octanol–water partition coefficient (Wildman–Crippen LogP) is 3.63. The molecule has 0 spiro atoms. The Kier molecular flexibility index (Phi) is 4.21. The van der Waals surface area contributed by atoms with E-state index in [9.17, 15) is 4.79 Å². The first kappa shape index (κ1) is 15.6. The molecule has 0 radical (unpaired) electrons. The fourth-order valence-electron chi connectivity index (χ4n) is 3.53. The van der Waals surface area contributed by atoms with Crippen molar-refractivity contribution < 1.29 is 9.53 Å². The van der Waals surface area contributed by atoms with Gasteiger partial charge in [-0.15, -0.1) is 0 Å². The minimum atomic E-state index is 0.124. The molecule has 2 atom stereocenters. The minimum Gasteiger partial charge on any atom is -0.371 e. The maximum absolute atomic E-state index is 12.4. The van der Waals surface area contributed by atoms with Crippen LogP contribution in [-0.2, 0) is 11.2 Å². The van der Waals surface area contributed by atoms with E-state index in [4.69, 9.17) is 4.74 Å². The summed E-state index contributed by atoms with van der Waals surface area (Å²) in [6.45, 7) is 4.63. The molecule has 124 valence electrons. The second-order valence-electron chi connectivity index (χ2n) is 6.90. The number of carbonyl (C=O) groups excluding carboxylic acids is 1. The normalized spacial score (nSPS) is 21.1. The molecule has 1 aliphatic carbocycles. The molecule has 24 heavy (non-hydrogen) atoms. The molecule has 0 N–H and O–H groups in total. The van der Waals surface area contributed by atoms with Crippen molar-refractivity contribution in [2.75, 3.05) is 19.7 Å². The zero-order valence-electron chi connectivity index (χ0n) is 14.1. The molecule has 2 aromatic carbocycles. The maximum atomic E-state index is 12.4. The van der Waals surface area contributed by atoms with Crippen LogP contribution in [0.5, 0.6) is 0 Å². The Bertz CT molecular complexity index is 741. The molecule has 1 heterocycles. The lowest BCUT2D eigenvalue weighted by molar-refractivity contribution is -0.0426. The highest BCUT2D eigenvalue weighted by Crippen LogP contribution is 2.33. The molecule has 3 nitrogen and oxygen atoms in total. The molecular formula is C21H23NO2. The van der Waals surface area contributed by atoms with Gasteiger partial charge in [0.15, 0.2) is 5.78 Å². The number of benzene rings is 2. The van der Waals surface area contributed by atoms with Crippen molar-refractivity contribution in [3.8, 4) is 0 Å². The SMILES string of the molecule is CC(CC(=O)c1ccccc1)N1CCOC(c2ccc3c(c2)C3)C1. The quantitative estimate of drug-likeness (QED) is 0.672. The lowest BCUT2D eigenvalue weighted by Crippen LogP contribution is -2.44. The third-order valence-corrected chi connectivity index (χ3v) is 5.16.